The highest BCUT2D eigenvalue weighted by Gasteiger charge is 2.28. The number of aliphatic hydroxyl groups excluding tert-OH is 1. The molecule has 0 radical (unpaired) electrons. The lowest BCUT2D eigenvalue weighted by Crippen LogP contribution is -2.29. The van der Waals surface area contributed by atoms with Crippen LogP contribution in [0, 0.1) is 0 Å². The summed E-state index contributed by atoms with van der Waals surface area (Å²) in [6.07, 6.45) is 2.58. The first-order chi connectivity index (χ1) is 6.25. The average Bonchev–Trinajstić information content (AvgIpc) is 2.64. The number of hydrogen-bond donors (Lipinski definition) is 1. The number of nitrogens with zero attached hydrogens (tertiary/aromatic N) is 2. The molecule has 2 atom stereocenters. The summed E-state index contributed by atoms with van der Waals surface area (Å²) in [7, 11) is 1.81. The summed E-state index contributed by atoms with van der Waals surface area (Å²) in [6, 6.07) is 0. The van der Waals surface area contributed by atoms with E-state index in [4.69, 9.17) is 9.47 Å². The van der Waals surface area contributed by atoms with Crippen LogP contribution in [0.1, 0.15) is 0 Å². The van der Waals surface area contributed by atoms with E-state index in [9.17, 15) is 5.11 Å². The van der Waals surface area contributed by atoms with Gasteiger partial charge in [-0.3, -0.25) is 4.68 Å². The molecule has 1 aromatic heterocycles. The Morgan fingerprint density at radius 2 is 2.54 bits per heavy atom. The molecular formula is C8H12N2O3. The zero-order valence-electron chi connectivity index (χ0n) is 7.38. The molecule has 0 saturated carbocycles. The van der Waals surface area contributed by atoms with Gasteiger partial charge < -0.3 is 14.6 Å². The third kappa shape index (κ3) is 1.81. The van der Waals surface area contributed by atoms with Gasteiger partial charge in [-0.1, -0.05) is 0 Å². The maximum absolute atomic E-state index is 9.38. The van der Waals surface area contributed by atoms with Crippen molar-refractivity contribution in [2.75, 3.05) is 13.2 Å². The topological polar surface area (TPSA) is 56.5 Å². The Bertz CT molecular complexity index is 287. The lowest BCUT2D eigenvalue weighted by molar-refractivity contribution is 0.0733. The van der Waals surface area contributed by atoms with Crippen LogP contribution in [-0.4, -0.2) is 40.3 Å². The summed E-state index contributed by atoms with van der Waals surface area (Å²) in [4.78, 5) is 0. The van der Waals surface area contributed by atoms with Gasteiger partial charge in [0, 0.05) is 7.05 Å². The van der Waals surface area contributed by atoms with Crippen molar-refractivity contribution >= 4 is 0 Å². The molecule has 2 rings (SSSR count). The Kier molecular flexibility index (Phi) is 2.20. The minimum Gasteiger partial charge on any atom is -0.482 e. The minimum absolute atomic E-state index is 0.260. The summed E-state index contributed by atoms with van der Waals surface area (Å²) in [5.74, 6) is 0.664. The Hall–Kier alpha value is -1.07. The van der Waals surface area contributed by atoms with Crippen LogP contribution < -0.4 is 4.74 Å². The number of aliphatic hydroxyl groups is 1. The van der Waals surface area contributed by atoms with Gasteiger partial charge in [0.15, 0.2) is 11.9 Å². The molecular weight excluding hydrogens is 172 g/mol. The van der Waals surface area contributed by atoms with Crippen molar-refractivity contribution in [3.05, 3.63) is 12.4 Å². The fraction of sp³-hybridized carbons (Fsp3) is 0.625. The van der Waals surface area contributed by atoms with Crippen LogP contribution in [0.5, 0.6) is 5.75 Å². The quantitative estimate of drug-likeness (QED) is 0.677. The highest BCUT2D eigenvalue weighted by atomic mass is 16.6. The van der Waals surface area contributed by atoms with E-state index < -0.39 is 6.10 Å². The monoisotopic (exact) mass is 184 g/mol. The highest BCUT2D eigenvalue weighted by Crippen LogP contribution is 2.15. The van der Waals surface area contributed by atoms with E-state index in [0.717, 1.165) is 0 Å². The average molecular weight is 184 g/mol. The molecule has 2 heterocycles. The van der Waals surface area contributed by atoms with Crippen LogP contribution in [0.3, 0.4) is 0 Å². The zero-order chi connectivity index (χ0) is 9.26. The van der Waals surface area contributed by atoms with Crippen molar-refractivity contribution in [3.63, 3.8) is 0 Å². The van der Waals surface area contributed by atoms with Gasteiger partial charge in [-0.15, -0.1) is 0 Å². The van der Waals surface area contributed by atoms with Crippen LogP contribution in [0.15, 0.2) is 12.4 Å². The fourth-order valence-electron chi connectivity index (χ4n) is 1.27. The van der Waals surface area contributed by atoms with Crippen molar-refractivity contribution in [3.8, 4) is 5.75 Å². The Morgan fingerprint density at radius 3 is 3.08 bits per heavy atom. The van der Waals surface area contributed by atoms with Gasteiger partial charge in [-0.05, 0) is 0 Å². The molecule has 0 aromatic carbocycles. The van der Waals surface area contributed by atoms with E-state index in [1.165, 1.54) is 0 Å². The van der Waals surface area contributed by atoms with E-state index in [1.54, 1.807) is 17.1 Å². The molecule has 1 N–H and O–H groups in total. The molecule has 13 heavy (non-hydrogen) atoms. The molecule has 1 saturated heterocycles. The van der Waals surface area contributed by atoms with Crippen LogP contribution in [0.2, 0.25) is 0 Å². The molecule has 1 fully saturated rings. The van der Waals surface area contributed by atoms with E-state index in [-0.39, 0.29) is 6.10 Å². The lowest BCUT2D eigenvalue weighted by atomic mass is 10.3. The van der Waals surface area contributed by atoms with Crippen LogP contribution in [-0.2, 0) is 11.8 Å². The number of ether oxygens (including phenoxy) is 2. The second-order valence-corrected chi connectivity index (χ2v) is 3.11. The number of aromatic nitrogens is 2. The van der Waals surface area contributed by atoms with E-state index in [1.807, 2.05) is 7.05 Å². The predicted molar refractivity (Wildman–Crippen MR) is 44.4 cm³/mol. The van der Waals surface area contributed by atoms with Crippen molar-refractivity contribution in [2.45, 2.75) is 12.2 Å². The summed E-state index contributed by atoms with van der Waals surface area (Å²) >= 11 is 0. The first-order valence-corrected chi connectivity index (χ1v) is 4.17. The van der Waals surface area contributed by atoms with Crippen molar-refractivity contribution in [1.82, 2.24) is 9.78 Å². The zero-order valence-corrected chi connectivity index (χ0v) is 7.38. The van der Waals surface area contributed by atoms with Crippen LogP contribution in [0.25, 0.3) is 0 Å². The number of rotatable bonds is 2. The Balaban J connectivity index is 1.97. The fourth-order valence-corrected chi connectivity index (χ4v) is 1.27. The maximum Gasteiger partial charge on any atom is 0.157 e. The second-order valence-electron chi connectivity index (χ2n) is 3.11. The Labute approximate surface area is 75.9 Å². The summed E-state index contributed by atoms with van der Waals surface area (Å²) in [5, 5.41) is 13.3. The highest BCUT2D eigenvalue weighted by molar-refractivity contribution is 5.12. The van der Waals surface area contributed by atoms with Crippen molar-refractivity contribution < 1.29 is 14.6 Å². The van der Waals surface area contributed by atoms with Crippen molar-refractivity contribution in [1.29, 1.82) is 0 Å². The van der Waals surface area contributed by atoms with E-state index in [0.29, 0.717) is 19.0 Å². The molecule has 2 unspecified atom stereocenters. The smallest absolute Gasteiger partial charge is 0.157 e. The van der Waals surface area contributed by atoms with Crippen LogP contribution in [0.4, 0.5) is 0 Å². The van der Waals surface area contributed by atoms with Gasteiger partial charge in [-0.25, -0.2) is 0 Å². The standard InChI is InChI=1S/C8H12N2O3/c1-10-3-6(2-9-10)13-8-5-12-4-7(8)11/h2-3,7-8,11H,4-5H2,1H3. The maximum atomic E-state index is 9.38. The minimum atomic E-state index is -0.528. The molecule has 1 aromatic rings. The van der Waals surface area contributed by atoms with E-state index in [2.05, 4.69) is 5.10 Å². The summed E-state index contributed by atoms with van der Waals surface area (Å²) in [6.45, 7) is 0.793. The largest absolute Gasteiger partial charge is 0.482 e. The van der Waals surface area contributed by atoms with Crippen LogP contribution >= 0.6 is 0 Å². The van der Waals surface area contributed by atoms with Gasteiger partial charge in [-0.2, -0.15) is 5.10 Å². The SMILES string of the molecule is Cn1cc(OC2COCC2O)cn1. The van der Waals surface area contributed by atoms with E-state index >= 15 is 0 Å². The third-order valence-corrected chi connectivity index (χ3v) is 1.97. The predicted octanol–water partition coefficient (Wildman–Crippen LogP) is -0.441. The molecule has 1 aliphatic rings. The molecule has 0 aliphatic carbocycles. The van der Waals surface area contributed by atoms with Gasteiger partial charge in [0.1, 0.15) is 6.10 Å². The molecule has 72 valence electrons. The van der Waals surface area contributed by atoms with Gasteiger partial charge in [0.25, 0.3) is 0 Å². The molecule has 0 amide bonds. The summed E-state index contributed by atoms with van der Waals surface area (Å²) < 4.78 is 12.1. The molecule has 5 heteroatoms. The normalized spacial score (nSPS) is 27.8. The number of hydrogen-bond acceptors (Lipinski definition) is 4. The Morgan fingerprint density at radius 1 is 1.69 bits per heavy atom. The third-order valence-electron chi connectivity index (χ3n) is 1.97. The molecule has 5 nitrogen and oxygen atoms in total. The van der Waals surface area contributed by atoms with Gasteiger partial charge in [0.2, 0.25) is 0 Å². The second kappa shape index (κ2) is 3.35. The number of aryl methyl sites for hydroxylation is 1. The molecule has 1 aliphatic heterocycles. The molecule has 0 spiro atoms. The summed E-state index contributed by atoms with van der Waals surface area (Å²) in [5.41, 5.74) is 0. The van der Waals surface area contributed by atoms with Gasteiger partial charge >= 0.3 is 0 Å². The van der Waals surface area contributed by atoms with Gasteiger partial charge in [0.05, 0.1) is 25.6 Å². The lowest BCUT2D eigenvalue weighted by Gasteiger charge is -2.12. The molecule has 0 bridgehead atoms. The van der Waals surface area contributed by atoms with Crippen molar-refractivity contribution in [2.24, 2.45) is 7.05 Å². The first kappa shape index (κ1) is 8.52. The first-order valence-electron chi connectivity index (χ1n) is 4.17.